The summed E-state index contributed by atoms with van der Waals surface area (Å²) in [6.45, 7) is 2.15. The highest BCUT2D eigenvalue weighted by atomic mass is 32.1. The number of thiophene rings is 1. The molecule has 1 aliphatic carbocycles. The van der Waals surface area contributed by atoms with Crippen LogP contribution in [0, 0.1) is 6.92 Å². The lowest BCUT2D eigenvalue weighted by atomic mass is 10.1. The van der Waals surface area contributed by atoms with Gasteiger partial charge in [-0.15, -0.1) is 11.3 Å². The van der Waals surface area contributed by atoms with E-state index in [0.717, 1.165) is 6.42 Å². The first-order valence-corrected chi connectivity index (χ1v) is 6.01. The third-order valence-corrected chi connectivity index (χ3v) is 3.98. The maximum absolute atomic E-state index is 2.29. The third-order valence-electron chi connectivity index (χ3n) is 2.77. The van der Waals surface area contributed by atoms with Crippen molar-refractivity contribution >= 4 is 27.5 Å². The van der Waals surface area contributed by atoms with Crippen LogP contribution in [0.1, 0.15) is 16.0 Å². The molecule has 3 rings (SSSR count). The van der Waals surface area contributed by atoms with Crippen LogP contribution in [0.2, 0.25) is 0 Å². The lowest BCUT2D eigenvalue weighted by Gasteiger charge is -1.95. The molecule has 0 saturated carbocycles. The number of fused-ring (bicyclic) bond motifs is 3. The van der Waals surface area contributed by atoms with E-state index in [1.54, 1.807) is 0 Å². The maximum Gasteiger partial charge on any atom is 0.0352 e. The van der Waals surface area contributed by atoms with E-state index < -0.39 is 0 Å². The molecule has 0 unspecified atom stereocenters. The van der Waals surface area contributed by atoms with Gasteiger partial charge in [-0.05, 0) is 24.6 Å². The van der Waals surface area contributed by atoms with E-state index in [2.05, 4.69) is 49.4 Å². The van der Waals surface area contributed by atoms with Gasteiger partial charge in [0.15, 0.2) is 0 Å². The molecule has 0 fully saturated rings. The Morgan fingerprint density at radius 1 is 1.20 bits per heavy atom. The van der Waals surface area contributed by atoms with E-state index in [-0.39, 0.29) is 0 Å². The molecule has 74 valence electrons. The number of aryl methyl sites for hydroxylation is 1. The highest BCUT2D eigenvalue weighted by molar-refractivity contribution is 7.19. The molecule has 1 aromatic heterocycles. The van der Waals surface area contributed by atoms with Gasteiger partial charge in [0, 0.05) is 21.4 Å². The van der Waals surface area contributed by atoms with E-state index in [1.165, 1.54) is 26.1 Å². The second kappa shape index (κ2) is 3.35. The number of hydrogen-bond donors (Lipinski definition) is 0. The molecule has 0 N–H and O–H groups in total. The van der Waals surface area contributed by atoms with Crippen molar-refractivity contribution in [1.29, 1.82) is 0 Å². The molecule has 1 aromatic carbocycles. The summed E-state index contributed by atoms with van der Waals surface area (Å²) in [5, 5.41) is 1.41. The zero-order chi connectivity index (χ0) is 10.3. The molecule has 1 heterocycles. The van der Waals surface area contributed by atoms with Gasteiger partial charge in [0.25, 0.3) is 0 Å². The summed E-state index contributed by atoms with van der Waals surface area (Å²) in [5.41, 5.74) is 2.76. The molecule has 0 amide bonds. The van der Waals surface area contributed by atoms with E-state index in [9.17, 15) is 0 Å². The Balaban J connectivity index is 2.35. The topological polar surface area (TPSA) is 0 Å². The molecule has 1 heteroatoms. The van der Waals surface area contributed by atoms with Crippen LogP contribution in [0.5, 0.6) is 0 Å². The first-order chi connectivity index (χ1) is 7.34. The van der Waals surface area contributed by atoms with E-state index in [4.69, 9.17) is 0 Å². The lowest BCUT2D eigenvalue weighted by Crippen LogP contribution is -1.77. The van der Waals surface area contributed by atoms with Crippen molar-refractivity contribution in [3.8, 4) is 0 Å². The largest absolute Gasteiger partial charge is 0.139 e. The van der Waals surface area contributed by atoms with E-state index >= 15 is 0 Å². The quantitative estimate of drug-likeness (QED) is 0.609. The second-order valence-corrected chi connectivity index (χ2v) is 5.07. The molecule has 0 spiro atoms. The third kappa shape index (κ3) is 1.44. The van der Waals surface area contributed by atoms with Gasteiger partial charge >= 0.3 is 0 Å². The Labute approximate surface area is 93.6 Å². The fourth-order valence-electron chi connectivity index (χ4n) is 2.02. The Morgan fingerprint density at radius 2 is 2.13 bits per heavy atom. The fourth-order valence-corrected chi connectivity index (χ4v) is 3.17. The van der Waals surface area contributed by atoms with Crippen LogP contribution in [0.4, 0.5) is 0 Å². The van der Waals surface area contributed by atoms with Crippen LogP contribution in [-0.4, -0.2) is 0 Å². The highest BCUT2D eigenvalue weighted by Gasteiger charge is 2.09. The average molecular weight is 212 g/mol. The van der Waals surface area contributed by atoms with Crippen LogP contribution < -0.4 is 0 Å². The predicted molar refractivity (Wildman–Crippen MR) is 68.4 cm³/mol. The van der Waals surface area contributed by atoms with Gasteiger partial charge in [-0.2, -0.15) is 0 Å². The normalized spacial score (nSPS) is 14.2. The van der Waals surface area contributed by atoms with E-state index in [0.29, 0.717) is 0 Å². The number of hydrogen-bond acceptors (Lipinski definition) is 1. The van der Waals surface area contributed by atoms with Crippen LogP contribution in [0.15, 0.2) is 36.4 Å². The van der Waals surface area contributed by atoms with Gasteiger partial charge in [-0.3, -0.25) is 0 Å². The Bertz CT molecular complexity index is 570. The first kappa shape index (κ1) is 8.93. The van der Waals surface area contributed by atoms with Crippen LogP contribution in [0.3, 0.4) is 0 Å². The summed E-state index contributed by atoms with van der Waals surface area (Å²) in [7, 11) is 0. The summed E-state index contributed by atoms with van der Waals surface area (Å²) >= 11 is 1.92. The Kier molecular flexibility index (Phi) is 2.00. The van der Waals surface area contributed by atoms with Crippen LogP contribution >= 0.6 is 11.3 Å². The standard InChI is InChI=1S/C14H12S/c1-10-7-8-14-12(9-10)11-5-3-2-4-6-13(11)15-14/h2-5,7-9H,6H2,1H3. The Morgan fingerprint density at radius 3 is 3.07 bits per heavy atom. The minimum atomic E-state index is 1.07. The molecule has 1 aliphatic rings. The van der Waals surface area contributed by atoms with Gasteiger partial charge in [-0.25, -0.2) is 0 Å². The average Bonchev–Trinajstić information content (AvgIpc) is 2.44. The van der Waals surface area contributed by atoms with Gasteiger partial charge in [0.2, 0.25) is 0 Å². The van der Waals surface area contributed by atoms with Crippen molar-refractivity contribution < 1.29 is 0 Å². The summed E-state index contributed by atoms with van der Waals surface area (Å²) in [6.07, 6.45) is 9.80. The van der Waals surface area contributed by atoms with Gasteiger partial charge < -0.3 is 0 Å². The molecule has 2 aromatic rings. The number of rotatable bonds is 0. The fraction of sp³-hybridized carbons (Fsp3) is 0.143. The van der Waals surface area contributed by atoms with Crippen molar-refractivity contribution in [2.45, 2.75) is 13.3 Å². The monoisotopic (exact) mass is 212 g/mol. The predicted octanol–water partition coefficient (Wildman–Crippen LogP) is 4.34. The lowest BCUT2D eigenvalue weighted by molar-refractivity contribution is 1.35. The first-order valence-electron chi connectivity index (χ1n) is 5.20. The molecule has 15 heavy (non-hydrogen) atoms. The SMILES string of the molecule is Cc1ccc2sc3c(c2c1)C=CC=CC3. The molecule has 0 nitrogen and oxygen atoms in total. The summed E-state index contributed by atoms with van der Waals surface area (Å²) in [5.74, 6) is 0. The summed E-state index contributed by atoms with van der Waals surface area (Å²) < 4.78 is 1.41. The van der Waals surface area contributed by atoms with Crippen LogP contribution in [-0.2, 0) is 6.42 Å². The number of benzene rings is 1. The van der Waals surface area contributed by atoms with Crippen molar-refractivity contribution in [3.05, 3.63) is 52.4 Å². The van der Waals surface area contributed by atoms with E-state index in [1.807, 2.05) is 11.3 Å². The minimum absolute atomic E-state index is 1.07. The van der Waals surface area contributed by atoms with Crippen molar-refractivity contribution in [1.82, 2.24) is 0 Å². The molecule has 0 saturated heterocycles. The Hall–Kier alpha value is -1.34. The number of allylic oxidation sites excluding steroid dienone is 3. The maximum atomic E-state index is 2.29. The minimum Gasteiger partial charge on any atom is -0.139 e. The summed E-state index contributed by atoms with van der Waals surface area (Å²) in [6, 6.07) is 6.72. The molecular weight excluding hydrogens is 200 g/mol. The van der Waals surface area contributed by atoms with Crippen molar-refractivity contribution in [2.75, 3.05) is 0 Å². The van der Waals surface area contributed by atoms with Gasteiger partial charge in [0.05, 0.1) is 0 Å². The summed E-state index contributed by atoms with van der Waals surface area (Å²) in [4.78, 5) is 1.49. The highest BCUT2D eigenvalue weighted by Crippen LogP contribution is 2.34. The van der Waals surface area contributed by atoms with Crippen molar-refractivity contribution in [2.24, 2.45) is 0 Å². The zero-order valence-electron chi connectivity index (χ0n) is 8.66. The molecule has 0 aliphatic heterocycles. The second-order valence-electron chi connectivity index (χ2n) is 3.93. The van der Waals surface area contributed by atoms with Gasteiger partial charge in [0.1, 0.15) is 0 Å². The smallest absolute Gasteiger partial charge is 0.0352 e. The van der Waals surface area contributed by atoms with Crippen LogP contribution in [0.25, 0.3) is 16.2 Å². The molecular formula is C14H12S. The zero-order valence-corrected chi connectivity index (χ0v) is 9.47. The van der Waals surface area contributed by atoms with Gasteiger partial charge in [-0.1, -0.05) is 35.9 Å². The molecule has 0 atom stereocenters. The molecule has 0 bridgehead atoms. The van der Waals surface area contributed by atoms with Crippen molar-refractivity contribution in [3.63, 3.8) is 0 Å². The molecule has 0 radical (unpaired) electrons.